The Balaban J connectivity index is 2.01. The zero-order valence-corrected chi connectivity index (χ0v) is 11.6. The second-order valence-electron chi connectivity index (χ2n) is 4.81. The minimum atomic E-state index is -0.0486. The van der Waals surface area contributed by atoms with Crippen molar-refractivity contribution in [3.05, 3.63) is 53.9 Å². The molecule has 0 bridgehead atoms. The summed E-state index contributed by atoms with van der Waals surface area (Å²) in [6.45, 7) is 0.547. The first-order valence-electron chi connectivity index (χ1n) is 6.22. The fraction of sp³-hybridized carbons (Fsp3) is 0.267. The number of rotatable bonds is 4. The van der Waals surface area contributed by atoms with E-state index >= 15 is 0 Å². The molecule has 19 heavy (non-hydrogen) atoms. The number of anilines is 1. The minimum absolute atomic E-state index is 0.0486. The third-order valence-corrected chi connectivity index (χ3v) is 2.97. The minimum Gasteiger partial charge on any atom is -0.378 e. The van der Waals surface area contributed by atoms with Crippen molar-refractivity contribution in [3.63, 3.8) is 0 Å². The molecule has 0 aliphatic carbocycles. The molecular formula is C15H19N3O. The standard InChI is InChI=1S/C15H19N3O/c1-17(2)14-6-4-5-13(9-14)15(19)16-10-12-7-8-18(3)11-12/h4-9,11H,10H2,1-3H3,(H,16,19). The molecule has 1 N–H and O–H groups in total. The Kier molecular flexibility index (Phi) is 3.90. The van der Waals surface area contributed by atoms with Crippen molar-refractivity contribution in [2.24, 2.45) is 7.05 Å². The highest BCUT2D eigenvalue weighted by atomic mass is 16.1. The maximum atomic E-state index is 12.1. The monoisotopic (exact) mass is 257 g/mol. The molecule has 1 amide bonds. The third-order valence-electron chi connectivity index (χ3n) is 2.97. The van der Waals surface area contributed by atoms with Crippen LogP contribution in [0.25, 0.3) is 0 Å². The van der Waals surface area contributed by atoms with Crippen LogP contribution in [0.3, 0.4) is 0 Å². The summed E-state index contributed by atoms with van der Waals surface area (Å²) in [4.78, 5) is 14.0. The fourth-order valence-electron chi connectivity index (χ4n) is 1.88. The molecule has 0 saturated heterocycles. The van der Waals surface area contributed by atoms with E-state index in [1.807, 2.05) is 73.3 Å². The summed E-state index contributed by atoms with van der Waals surface area (Å²) in [5, 5.41) is 2.92. The summed E-state index contributed by atoms with van der Waals surface area (Å²) in [5.74, 6) is -0.0486. The van der Waals surface area contributed by atoms with E-state index in [4.69, 9.17) is 0 Å². The predicted octanol–water partition coefficient (Wildman–Crippen LogP) is 2.02. The van der Waals surface area contributed by atoms with Gasteiger partial charge in [-0.15, -0.1) is 0 Å². The van der Waals surface area contributed by atoms with Crippen LogP contribution in [0.2, 0.25) is 0 Å². The molecule has 100 valence electrons. The van der Waals surface area contributed by atoms with Crippen molar-refractivity contribution in [1.29, 1.82) is 0 Å². The molecule has 1 aromatic carbocycles. The molecule has 2 aromatic rings. The zero-order chi connectivity index (χ0) is 13.8. The molecule has 2 rings (SSSR count). The second kappa shape index (κ2) is 5.61. The SMILES string of the molecule is CN(C)c1cccc(C(=O)NCc2ccn(C)c2)c1. The Hall–Kier alpha value is -2.23. The van der Waals surface area contributed by atoms with Crippen LogP contribution < -0.4 is 10.2 Å². The van der Waals surface area contributed by atoms with E-state index in [1.54, 1.807) is 0 Å². The molecule has 0 aliphatic heterocycles. The first-order chi connectivity index (χ1) is 9.06. The van der Waals surface area contributed by atoms with Crippen LogP contribution >= 0.6 is 0 Å². The molecule has 0 radical (unpaired) electrons. The number of nitrogens with zero attached hydrogens (tertiary/aromatic N) is 2. The van der Waals surface area contributed by atoms with E-state index in [2.05, 4.69) is 5.32 Å². The van der Waals surface area contributed by atoms with E-state index in [9.17, 15) is 4.79 Å². The Morgan fingerprint density at radius 3 is 2.74 bits per heavy atom. The van der Waals surface area contributed by atoms with Gasteiger partial charge in [-0.2, -0.15) is 0 Å². The Morgan fingerprint density at radius 1 is 1.32 bits per heavy atom. The van der Waals surface area contributed by atoms with Gasteiger partial charge in [0, 0.05) is 51.3 Å². The summed E-state index contributed by atoms with van der Waals surface area (Å²) < 4.78 is 1.97. The first-order valence-corrected chi connectivity index (χ1v) is 6.22. The van der Waals surface area contributed by atoms with Crippen molar-refractivity contribution < 1.29 is 4.79 Å². The highest BCUT2D eigenvalue weighted by molar-refractivity contribution is 5.95. The van der Waals surface area contributed by atoms with Gasteiger partial charge in [-0.3, -0.25) is 4.79 Å². The van der Waals surface area contributed by atoms with Gasteiger partial charge in [0.15, 0.2) is 0 Å². The number of aromatic nitrogens is 1. The number of hydrogen-bond donors (Lipinski definition) is 1. The molecule has 0 saturated carbocycles. The lowest BCUT2D eigenvalue weighted by Gasteiger charge is -2.13. The topological polar surface area (TPSA) is 37.3 Å². The van der Waals surface area contributed by atoms with E-state index in [-0.39, 0.29) is 5.91 Å². The zero-order valence-electron chi connectivity index (χ0n) is 11.6. The van der Waals surface area contributed by atoms with Gasteiger partial charge in [0.25, 0.3) is 5.91 Å². The molecule has 4 nitrogen and oxygen atoms in total. The van der Waals surface area contributed by atoms with Crippen LogP contribution in [-0.2, 0) is 13.6 Å². The molecule has 1 heterocycles. The largest absolute Gasteiger partial charge is 0.378 e. The molecule has 0 spiro atoms. The van der Waals surface area contributed by atoms with Crippen LogP contribution in [0.1, 0.15) is 15.9 Å². The maximum Gasteiger partial charge on any atom is 0.251 e. The summed E-state index contributed by atoms with van der Waals surface area (Å²) in [5.41, 5.74) is 2.80. The smallest absolute Gasteiger partial charge is 0.251 e. The van der Waals surface area contributed by atoms with Crippen LogP contribution in [0, 0.1) is 0 Å². The number of aryl methyl sites for hydroxylation is 1. The van der Waals surface area contributed by atoms with Gasteiger partial charge in [0.1, 0.15) is 0 Å². The number of carbonyl (C=O) groups excluding carboxylic acids is 1. The van der Waals surface area contributed by atoms with Crippen LogP contribution in [0.4, 0.5) is 5.69 Å². The highest BCUT2D eigenvalue weighted by Crippen LogP contribution is 2.13. The Morgan fingerprint density at radius 2 is 2.11 bits per heavy atom. The lowest BCUT2D eigenvalue weighted by molar-refractivity contribution is 0.0951. The van der Waals surface area contributed by atoms with Gasteiger partial charge in [-0.05, 0) is 29.8 Å². The maximum absolute atomic E-state index is 12.1. The summed E-state index contributed by atoms with van der Waals surface area (Å²) in [6, 6.07) is 9.59. The van der Waals surface area contributed by atoms with E-state index in [0.29, 0.717) is 12.1 Å². The van der Waals surface area contributed by atoms with Crippen LogP contribution in [0.15, 0.2) is 42.7 Å². The first kappa shape index (κ1) is 13.2. The molecule has 4 heteroatoms. The second-order valence-corrected chi connectivity index (χ2v) is 4.81. The molecule has 0 atom stereocenters. The van der Waals surface area contributed by atoms with E-state index < -0.39 is 0 Å². The fourth-order valence-corrected chi connectivity index (χ4v) is 1.88. The Bertz CT molecular complexity index is 572. The van der Waals surface area contributed by atoms with Crippen molar-refractivity contribution in [2.75, 3.05) is 19.0 Å². The molecular weight excluding hydrogens is 238 g/mol. The van der Waals surface area contributed by atoms with Gasteiger partial charge >= 0.3 is 0 Å². The lowest BCUT2D eigenvalue weighted by Crippen LogP contribution is -2.23. The molecule has 0 aliphatic rings. The number of nitrogens with one attached hydrogen (secondary N) is 1. The van der Waals surface area contributed by atoms with Crippen LogP contribution in [0.5, 0.6) is 0 Å². The van der Waals surface area contributed by atoms with Crippen molar-refractivity contribution in [1.82, 2.24) is 9.88 Å². The number of amides is 1. The third kappa shape index (κ3) is 3.37. The predicted molar refractivity (Wildman–Crippen MR) is 77.4 cm³/mol. The summed E-state index contributed by atoms with van der Waals surface area (Å²) in [6.07, 6.45) is 3.96. The van der Waals surface area contributed by atoms with Gasteiger partial charge in [0.2, 0.25) is 0 Å². The number of hydrogen-bond acceptors (Lipinski definition) is 2. The van der Waals surface area contributed by atoms with Crippen molar-refractivity contribution in [3.8, 4) is 0 Å². The number of carbonyl (C=O) groups is 1. The molecule has 0 fully saturated rings. The van der Waals surface area contributed by atoms with E-state index in [1.165, 1.54) is 0 Å². The van der Waals surface area contributed by atoms with Gasteiger partial charge in [0.05, 0.1) is 0 Å². The van der Waals surface area contributed by atoms with Gasteiger partial charge in [-0.25, -0.2) is 0 Å². The molecule has 0 unspecified atom stereocenters. The normalized spacial score (nSPS) is 10.3. The summed E-state index contributed by atoms with van der Waals surface area (Å²) >= 11 is 0. The summed E-state index contributed by atoms with van der Waals surface area (Å²) in [7, 11) is 5.88. The Labute approximate surface area is 113 Å². The van der Waals surface area contributed by atoms with Gasteiger partial charge < -0.3 is 14.8 Å². The van der Waals surface area contributed by atoms with Gasteiger partial charge in [-0.1, -0.05) is 6.07 Å². The average Bonchev–Trinajstić information content (AvgIpc) is 2.82. The van der Waals surface area contributed by atoms with Crippen molar-refractivity contribution >= 4 is 11.6 Å². The average molecular weight is 257 g/mol. The van der Waals surface area contributed by atoms with Crippen molar-refractivity contribution in [2.45, 2.75) is 6.54 Å². The lowest BCUT2D eigenvalue weighted by atomic mass is 10.2. The number of benzene rings is 1. The van der Waals surface area contributed by atoms with Crippen LogP contribution in [-0.4, -0.2) is 24.6 Å². The highest BCUT2D eigenvalue weighted by Gasteiger charge is 2.07. The molecule has 1 aromatic heterocycles. The van der Waals surface area contributed by atoms with E-state index in [0.717, 1.165) is 11.3 Å². The quantitative estimate of drug-likeness (QED) is 0.910.